The number of esters is 1. The summed E-state index contributed by atoms with van der Waals surface area (Å²) in [5, 5.41) is 10.3. The number of carbonyl (C=O) groups is 1. The van der Waals surface area contributed by atoms with Gasteiger partial charge in [-0.1, -0.05) is 29.8 Å². The van der Waals surface area contributed by atoms with Gasteiger partial charge in [-0.15, -0.1) is 0 Å². The van der Waals surface area contributed by atoms with Gasteiger partial charge in [0.15, 0.2) is 23.2 Å². The van der Waals surface area contributed by atoms with Crippen molar-refractivity contribution in [1.82, 2.24) is 19.5 Å². The van der Waals surface area contributed by atoms with Gasteiger partial charge in [-0.05, 0) is 12.1 Å². The molecule has 1 saturated heterocycles. The third-order valence-corrected chi connectivity index (χ3v) is 4.55. The lowest BCUT2D eigenvalue weighted by Crippen LogP contribution is -2.32. The third-order valence-electron chi connectivity index (χ3n) is 4.27. The number of fused-ring (bicyclic) bond motifs is 1. The summed E-state index contributed by atoms with van der Waals surface area (Å²) in [6.45, 7) is -0.297. The normalized spacial score (nSPS) is 25.0. The Kier molecular flexibility index (Phi) is 4.73. The number of ether oxygens (including phenoxy) is 2. The summed E-state index contributed by atoms with van der Waals surface area (Å²) in [5.41, 5.74) is 0.922. The van der Waals surface area contributed by atoms with Crippen molar-refractivity contribution in [3.63, 3.8) is 0 Å². The van der Waals surface area contributed by atoms with Crippen LogP contribution < -0.4 is 0 Å². The van der Waals surface area contributed by atoms with Gasteiger partial charge in [-0.2, -0.15) is 0 Å². The number of hydrogen-bond donors (Lipinski definition) is 1. The van der Waals surface area contributed by atoms with E-state index in [1.807, 2.05) is 0 Å². The van der Waals surface area contributed by atoms with E-state index in [2.05, 4.69) is 15.0 Å². The van der Waals surface area contributed by atoms with Gasteiger partial charge in [0.05, 0.1) is 11.9 Å². The summed E-state index contributed by atoms with van der Waals surface area (Å²) in [7, 11) is 0. The Morgan fingerprint density at radius 2 is 2.07 bits per heavy atom. The van der Waals surface area contributed by atoms with Crippen LogP contribution in [0.1, 0.15) is 16.6 Å². The Labute approximate surface area is 157 Å². The van der Waals surface area contributed by atoms with Crippen LogP contribution in [0.15, 0.2) is 43.0 Å². The molecule has 1 aliphatic heterocycles. The molecule has 2 aromatic heterocycles. The van der Waals surface area contributed by atoms with Crippen molar-refractivity contribution >= 4 is 28.7 Å². The van der Waals surface area contributed by atoms with E-state index in [1.54, 1.807) is 30.3 Å². The second-order valence-electron chi connectivity index (χ2n) is 5.95. The number of aliphatic hydroxyl groups is 1. The van der Waals surface area contributed by atoms with E-state index < -0.39 is 30.6 Å². The number of alkyl halides is 1. The summed E-state index contributed by atoms with van der Waals surface area (Å²) >= 11 is 5.95. The van der Waals surface area contributed by atoms with Crippen molar-refractivity contribution in [2.24, 2.45) is 0 Å². The van der Waals surface area contributed by atoms with E-state index in [0.717, 1.165) is 0 Å². The molecule has 1 N–H and O–H groups in total. The lowest BCUT2D eigenvalue weighted by atomic mass is 10.1. The highest BCUT2D eigenvalue weighted by molar-refractivity contribution is 6.33. The summed E-state index contributed by atoms with van der Waals surface area (Å²) in [6.07, 6.45) is -2.93. The summed E-state index contributed by atoms with van der Waals surface area (Å²) < 4.78 is 26.7. The smallest absolute Gasteiger partial charge is 0.338 e. The first-order valence-electron chi connectivity index (χ1n) is 8.09. The number of hydrogen-bond acceptors (Lipinski definition) is 7. The van der Waals surface area contributed by atoms with Crippen molar-refractivity contribution in [2.45, 2.75) is 24.6 Å². The van der Waals surface area contributed by atoms with Crippen LogP contribution in [-0.4, -0.2) is 55.6 Å². The summed E-state index contributed by atoms with van der Waals surface area (Å²) in [6, 6.07) is 8.35. The maximum atomic E-state index is 14.6. The molecule has 8 nitrogen and oxygen atoms in total. The monoisotopic (exact) mass is 392 g/mol. The number of aromatic nitrogens is 4. The van der Waals surface area contributed by atoms with Gasteiger partial charge in [0.2, 0.25) is 0 Å². The fourth-order valence-corrected chi connectivity index (χ4v) is 3.07. The number of carbonyl (C=O) groups excluding carboxylic acids is 1. The van der Waals surface area contributed by atoms with Crippen LogP contribution in [0.4, 0.5) is 4.39 Å². The maximum absolute atomic E-state index is 14.6. The minimum atomic E-state index is -1.77. The zero-order chi connectivity index (χ0) is 19.0. The molecule has 27 heavy (non-hydrogen) atoms. The topological polar surface area (TPSA) is 99.4 Å². The van der Waals surface area contributed by atoms with Crippen LogP contribution in [0.2, 0.25) is 5.15 Å². The van der Waals surface area contributed by atoms with E-state index in [4.69, 9.17) is 21.1 Å². The molecule has 3 aromatic rings. The minimum absolute atomic E-state index is 0.126. The molecule has 0 saturated carbocycles. The van der Waals surface area contributed by atoms with Gasteiger partial charge in [0, 0.05) is 0 Å². The van der Waals surface area contributed by atoms with E-state index in [1.165, 1.54) is 17.2 Å². The molecule has 140 valence electrons. The Balaban J connectivity index is 1.49. The van der Waals surface area contributed by atoms with Gasteiger partial charge < -0.3 is 14.6 Å². The number of nitrogens with zero attached hydrogens (tertiary/aromatic N) is 4. The Hall–Kier alpha value is -2.62. The van der Waals surface area contributed by atoms with Gasteiger partial charge in [0.25, 0.3) is 0 Å². The Bertz CT molecular complexity index is 970. The number of imidazole rings is 1. The molecule has 10 heteroatoms. The molecule has 4 rings (SSSR count). The van der Waals surface area contributed by atoms with Crippen LogP contribution >= 0.6 is 11.6 Å². The molecule has 3 heterocycles. The van der Waals surface area contributed by atoms with Crippen LogP contribution in [0.3, 0.4) is 0 Å². The highest BCUT2D eigenvalue weighted by Crippen LogP contribution is 2.34. The molecule has 0 aliphatic carbocycles. The fraction of sp³-hybridized carbons (Fsp3) is 0.294. The maximum Gasteiger partial charge on any atom is 0.338 e. The third kappa shape index (κ3) is 3.25. The molecule has 0 bridgehead atoms. The Morgan fingerprint density at radius 3 is 2.85 bits per heavy atom. The number of rotatable bonds is 4. The number of benzene rings is 1. The molecule has 1 aliphatic rings. The zero-order valence-electron chi connectivity index (χ0n) is 13.8. The average molecular weight is 393 g/mol. The standard InChI is InChI=1S/C17H14ClFN4O4/c18-14-12-15(21-7-20-14)23(8-22-12)16-11(19)13(24)10(27-16)6-26-17(25)9-4-2-1-3-5-9/h1-5,7-8,10-11,13,16,24H,6H2/t10-,11-,13-,16-/m1/s1. The molecule has 4 atom stereocenters. The second-order valence-corrected chi connectivity index (χ2v) is 6.31. The van der Waals surface area contributed by atoms with Gasteiger partial charge in [-0.3, -0.25) is 4.57 Å². The Morgan fingerprint density at radius 1 is 1.30 bits per heavy atom. The highest BCUT2D eigenvalue weighted by atomic mass is 35.5. The predicted octanol–water partition coefficient (Wildman–Crippen LogP) is 1.93. The first-order valence-corrected chi connectivity index (χ1v) is 8.47. The SMILES string of the molecule is O=C(OC[C@H]1O[C@@H](n2cnc3c(Cl)ncnc32)[C@H](F)[C@@H]1O)c1ccccc1. The first-order chi connectivity index (χ1) is 13.1. The number of aliphatic hydroxyl groups excluding tert-OH is 1. The predicted molar refractivity (Wildman–Crippen MR) is 91.9 cm³/mol. The van der Waals surface area contributed by atoms with E-state index in [9.17, 15) is 14.3 Å². The van der Waals surface area contributed by atoms with Gasteiger partial charge >= 0.3 is 5.97 Å². The molecular formula is C17H14ClFN4O4. The second kappa shape index (κ2) is 7.18. The van der Waals surface area contributed by atoms with Crippen molar-refractivity contribution in [2.75, 3.05) is 6.61 Å². The van der Waals surface area contributed by atoms with Crippen molar-refractivity contribution in [3.05, 3.63) is 53.7 Å². The first kappa shape index (κ1) is 17.8. The average Bonchev–Trinajstić information content (AvgIpc) is 3.23. The van der Waals surface area contributed by atoms with Crippen LogP contribution in [0.25, 0.3) is 11.2 Å². The highest BCUT2D eigenvalue weighted by Gasteiger charge is 2.46. The zero-order valence-corrected chi connectivity index (χ0v) is 14.5. The number of halogens is 2. The van der Waals surface area contributed by atoms with E-state index in [-0.39, 0.29) is 17.4 Å². The molecule has 0 amide bonds. The fourth-order valence-electron chi connectivity index (χ4n) is 2.89. The summed E-state index contributed by atoms with van der Waals surface area (Å²) in [5.74, 6) is -0.585. The van der Waals surface area contributed by atoms with Crippen LogP contribution in [-0.2, 0) is 9.47 Å². The molecule has 0 radical (unpaired) electrons. The van der Waals surface area contributed by atoms with E-state index in [0.29, 0.717) is 11.1 Å². The van der Waals surface area contributed by atoms with Crippen LogP contribution in [0.5, 0.6) is 0 Å². The van der Waals surface area contributed by atoms with E-state index >= 15 is 0 Å². The summed E-state index contributed by atoms with van der Waals surface area (Å²) in [4.78, 5) is 23.9. The molecule has 1 aromatic carbocycles. The minimum Gasteiger partial charge on any atom is -0.459 e. The van der Waals surface area contributed by atoms with Crippen LogP contribution in [0, 0.1) is 0 Å². The van der Waals surface area contributed by atoms with Gasteiger partial charge in [-0.25, -0.2) is 24.1 Å². The van der Waals surface area contributed by atoms with Gasteiger partial charge in [0.1, 0.15) is 30.7 Å². The van der Waals surface area contributed by atoms with Crippen molar-refractivity contribution < 1.29 is 23.8 Å². The largest absolute Gasteiger partial charge is 0.459 e. The van der Waals surface area contributed by atoms with Crippen molar-refractivity contribution in [1.29, 1.82) is 0 Å². The molecule has 1 fully saturated rings. The van der Waals surface area contributed by atoms with Crippen molar-refractivity contribution in [3.8, 4) is 0 Å². The lowest BCUT2D eigenvalue weighted by molar-refractivity contribution is -0.0529. The molecular weight excluding hydrogens is 379 g/mol. The molecule has 0 spiro atoms. The lowest BCUT2D eigenvalue weighted by Gasteiger charge is -2.15. The molecule has 0 unspecified atom stereocenters. The quantitative estimate of drug-likeness (QED) is 0.535.